The molecular formula is C9H12N2O5. The molecule has 7 heteroatoms. The zero-order chi connectivity index (χ0) is 12.6. The van der Waals surface area contributed by atoms with E-state index in [1.165, 1.54) is 7.05 Å². The van der Waals surface area contributed by atoms with Crippen LogP contribution in [0, 0.1) is 12.3 Å². The smallest absolute Gasteiger partial charge is 0.329 e. The third kappa shape index (κ3) is 6.39. The lowest BCUT2D eigenvalue weighted by atomic mass is 10.5. The van der Waals surface area contributed by atoms with E-state index in [9.17, 15) is 14.4 Å². The molecule has 7 nitrogen and oxygen atoms in total. The largest absolute Gasteiger partial charge is 0.480 e. The predicted molar refractivity (Wildman–Crippen MR) is 53.5 cm³/mol. The summed E-state index contributed by atoms with van der Waals surface area (Å²) >= 11 is 0. The summed E-state index contributed by atoms with van der Waals surface area (Å²) in [5.74, 6) is 0.307. The Morgan fingerprint density at radius 3 is 2.56 bits per heavy atom. The third-order valence-electron chi connectivity index (χ3n) is 1.38. The highest BCUT2D eigenvalue weighted by Gasteiger charge is 2.11. The summed E-state index contributed by atoms with van der Waals surface area (Å²) in [4.78, 5) is 33.3. The van der Waals surface area contributed by atoms with Crippen molar-refractivity contribution in [2.45, 2.75) is 0 Å². The number of nitrogens with zero attached hydrogens (tertiary/aromatic N) is 1. The van der Waals surface area contributed by atoms with E-state index in [-0.39, 0.29) is 6.54 Å². The van der Waals surface area contributed by atoms with Crippen LogP contribution in [0.2, 0.25) is 0 Å². The summed E-state index contributed by atoms with van der Waals surface area (Å²) in [7, 11) is 1.42. The maximum absolute atomic E-state index is 11.2. The van der Waals surface area contributed by atoms with E-state index in [1.807, 2.05) is 5.32 Å². The van der Waals surface area contributed by atoms with Crippen LogP contribution in [0.25, 0.3) is 0 Å². The van der Waals surface area contributed by atoms with Crippen LogP contribution >= 0.6 is 0 Å². The molecule has 0 aliphatic carbocycles. The number of hydrogen-bond donors (Lipinski definition) is 2. The highest BCUT2D eigenvalue weighted by molar-refractivity contribution is 5.94. The van der Waals surface area contributed by atoms with Crippen molar-refractivity contribution in [2.24, 2.45) is 0 Å². The first kappa shape index (κ1) is 13.9. The van der Waals surface area contributed by atoms with Gasteiger partial charge in [-0.15, -0.1) is 6.42 Å². The van der Waals surface area contributed by atoms with E-state index in [2.05, 4.69) is 10.7 Å². The van der Waals surface area contributed by atoms with Gasteiger partial charge in [0.2, 0.25) is 0 Å². The predicted octanol–water partition coefficient (Wildman–Crippen LogP) is -1.11. The normalized spacial score (nSPS) is 9.00. The van der Waals surface area contributed by atoms with Crippen LogP contribution in [0.1, 0.15) is 0 Å². The van der Waals surface area contributed by atoms with Gasteiger partial charge in [-0.25, -0.2) is 9.59 Å². The number of nitrogens with one attached hydrogen (secondary N) is 1. The second kappa shape index (κ2) is 7.25. The van der Waals surface area contributed by atoms with Crippen LogP contribution in [0.3, 0.4) is 0 Å². The lowest BCUT2D eigenvalue weighted by Gasteiger charge is -2.13. The van der Waals surface area contributed by atoms with E-state index >= 15 is 0 Å². The van der Waals surface area contributed by atoms with E-state index in [0.717, 1.165) is 4.90 Å². The molecule has 3 amide bonds. The van der Waals surface area contributed by atoms with Gasteiger partial charge >= 0.3 is 12.0 Å². The van der Waals surface area contributed by atoms with Crippen LogP contribution in [0.15, 0.2) is 0 Å². The summed E-state index contributed by atoms with van der Waals surface area (Å²) in [5.41, 5.74) is 0. The van der Waals surface area contributed by atoms with Gasteiger partial charge in [-0.2, -0.15) is 0 Å². The van der Waals surface area contributed by atoms with Crippen molar-refractivity contribution >= 4 is 17.9 Å². The third-order valence-corrected chi connectivity index (χ3v) is 1.38. The topological polar surface area (TPSA) is 95.9 Å². The van der Waals surface area contributed by atoms with Crippen molar-refractivity contribution < 1.29 is 24.2 Å². The number of urea groups is 1. The number of carboxylic acid groups (broad SMARTS) is 1. The summed E-state index contributed by atoms with van der Waals surface area (Å²) in [5, 5.41) is 10.2. The van der Waals surface area contributed by atoms with E-state index in [0.29, 0.717) is 0 Å². The number of carbonyl (C=O) groups excluding carboxylic acids is 2. The molecule has 0 fully saturated rings. The quantitative estimate of drug-likeness (QED) is 0.581. The fourth-order valence-electron chi connectivity index (χ4n) is 0.691. The molecule has 0 radical (unpaired) electrons. The van der Waals surface area contributed by atoms with Gasteiger partial charge in [-0.1, -0.05) is 5.92 Å². The molecule has 0 saturated heterocycles. The maximum atomic E-state index is 11.2. The van der Waals surface area contributed by atoms with Crippen molar-refractivity contribution in [1.29, 1.82) is 0 Å². The zero-order valence-corrected chi connectivity index (χ0v) is 8.73. The Bertz CT molecular complexity index is 320. The zero-order valence-electron chi connectivity index (χ0n) is 8.73. The molecule has 0 aromatic rings. The van der Waals surface area contributed by atoms with Gasteiger partial charge in [0.15, 0.2) is 0 Å². The fourth-order valence-corrected chi connectivity index (χ4v) is 0.691. The van der Waals surface area contributed by atoms with Gasteiger partial charge < -0.3 is 14.7 Å². The summed E-state index contributed by atoms with van der Waals surface area (Å²) in [6.45, 7) is -1.03. The monoisotopic (exact) mass is 228 g/mol. The molecule has 2 N–H and O–H groups in total. The molecule has 0 bridgehead atoms. The van der Waals surface area contributed by atoms with Gasteiger partial charge in [0.05, 0.1) is 6.54 Å². The maximum Gasteiger partial charge on any atom is 0.329 e. The molecule has 0 aliphatic rings. The van der Waals surface area contributed by atoms with Crippen LogP contribution in [-0.2, 0) is 14.3 Å². The SMILES string of the molecule is C#CCN(C)C(=O)NC(=O)COCC(=O)O. The number of terminal acetylenes is 1. The molecule has 0 heterocycles. The molecule has 0 aromatic carbocycles. The van der Waals surface area contributed by atoms with Gasteiger partial charge in [0, 0.05) is 7.05 Å². The van der Waals surface area contributed by atoms with Gasteiger partial charge in [-0.3, -0.25) is 10.1 Å². The second-order valence-electron chi connectivity index (χ2n) is 2.80. The number of amides is 3. The van der Waals surface area contributed by atoms with E-state index < -0.39 is 31.1 Å². The molecule has 0 atom stereocenters. The Morgan fingerprint density at radius 2 is 2.06 bits per heavy atom. The minimum Gasteiger partial charge on any atom is -0.480 e. The van der Waals surface area contributed by atoms with Crippen LogP contribution in [0.5, 0.6) is 0 Å². The number of ether oxygens (including phenoxy) is 1. The first-order chi connectivity index (χ1) is 7.47. The molecule has 0 aliphatic heterocycles. The standard InChI is InChI=1S/C9H12N2O5/c1-3-4-11(2)9(15)10-7(12)5-16-6-8(13)14/h1H,4-6H2,2H3,(H,13,14)(H,10,12,15). The first-order valence-electron chi connectivity index (χ1n) is 4.25. The number of carboxylic acids is 1. The molecule has 0 saturated carbocycles. The fraction of sp³-hybridized carbons (Fsp3) is 0.444. The average molecular weight is 228 g/mol. The van der Waals surface area contributed by atoms with Crippen molar-refractivity contribution in [2.75, 3.05) is 26.8 Å². The van der Waals surface area contributed by atoms with Crippen molar-refractivity contribution in [3.63, 3.8) is 0 Å². The Labute approximate surface area is 92.4 Å². The minimum absolute atomic E-state index is 0.0646. The van der Waals surface area contributed by atoms with Crippen molar-refractivity contribution in [3.05, 3.63) is 0 Å². The summed E-state index contributed by atoms with van der Waals surface area (Å²) in [6, 6.07) is -0.665. The highest BCUT2D eigenvalue weighted by Crippen LogP contribution is 1.83. The average Bonchev–Trinajstić information content (AvgIpc) is 2.17. The molecule has 0 unspecified atom stereocenters. The van der Waals surface area contributed by atoms with Crippen molar-refractivity contribution in [3.8, 4) is 12.3 Å². The molecular weight excluding hydrogens is 216 g/mol. The molecule has 0 rings (SSSR count). The number of carbonyl (C=O) groups is 3. The number of imide groups is 1. The lowest BCUT2D eigenvalue weighted by Crippen LogP contribution is -2.42. The Balaban J connectivity index is 3.83. The van der Waals surface area contributed by atoms with Crippen LogP contribution in [-0.4, -0.2) is 54.7 Å². The molecule has 16 heavy (non-hydrogen) atoms. The molecule has 88 valence electrons. The Kier molecular flexibility index (Phi) is 6.31. The highest BCUT2D eigenvalue weighted by atomic mass is 16.5. The van der Waals surface area contributed by atoms with E-state index in [4.69, 9.17) is 11.5 Å². The van der Waals surface area contributed by atoms with Crippen LogP contribution < -0.4 is 5.32 Å². The van der Waals surface area contributed by atoms with Gasteiger partial charge in [-0.05, 0) is 0 Å². The number of hydrogen-bond acceptors (Lipinski definition) is 4. The van der Waals surface area contributed by atoms with Gasteiger partial charge in [0.1, 0.15) is 13.2 Å². The minimum atomic E-state index is -1.19. The van der Waals surface area contributed by atoms with E-state index in [1.54, 1.807) is 0 Å². The number of aliphatic carboxylic acids is 1. The number of rotatable bonds is 5. The lowest BCUT2D eigenvalue weighted by molar-refractivity contribution is -0.143. The van der Waals surface area contributed by atoms with Crippen LogP contribution in [0.4, 0.5) is 4.79 Å². The summed E-state index contributed by atoms with van der Waals surface area (Å²) < 4.78 is 4.47. The molecule has 0 spiro atoms. The second-order valence-corrected chi connectivity index (χ2v) is 2.80. The Hall–Kier alpha value is -2.07. The first-order valence-corrected chi connectivity index (χ1v) is 4.25. The van der Waals surface area contributed by atoms with Crippen molar-refractivity contribution in [1.82, 2.24) is 10.2 Å². The Morgan fingerprint density at radius 1 is 1.44 bits per heavy atom. The molecule has 0 aromatic heterocycles. The van der Waals surface area contributed by atoms with Gasteiger partial charge in [0.25, 0.3) is 5.91 Å². The summed E-state index contributed by atoms with van der Waals surface area (Å²) in [6.07, 6.45) is 4.96.